The van der Waals surface area contributed by atoms with Crippen molar-refractivity contribution in [3.8, 4) is 11.1 Å². The van der Waals surface area contributed by atoms with Crippen LogP contribution in [0.5, 0.6) is 0 Å². The summed E-state index contributed by atoms with van der Waals surface area (Å²) in [4.78, 5) is 12.2. The summed E-state index contributed by atoms with van der Waals surface area (Å²) in [5.41, 5.74) is 3.12. The molecule has 1 atom stereocenters. The molecule has 0 saturated carbocycles. The Hall–Kier alpha value is -2.17. The molecule has 1 unspecified atom stereocenters. The summed E-state index contributed by atoms with van der Waals surface area (Å²) in [7, 11) is 3.68. The van der Waals surface area contributed by atoms with Crippen molar-refractivity contribution in [3.63, 3.8) is 0 Å². The monoisotopic (exact) mass is 368 g/mol. The Kier molecular flexibility index (Phi) is 8.49. The smallest absolute Gasteiger partial charge is 0.217 e. The van der Waals surface area contributed by atoms with Crippen LogP contribution in [0.15, 0.2) is 54.6 Å². The first-order valence-corrected chi connectivity index (χ1v) is 9.70. The van der Waals surface area contributed by atoms with Crippen LogP contribution in [0.3, 0.4) is 0 Å². The molecule has 0 aliphatic heterocycles. The van der Waals surface area contributed by atoms with Crippen molar-refractivity contribution >= 4 is 5.91 Å². The molecule has 0 fully saturated rings. The minimum atomic E-state index is -0.408. The molecule has 0 heterocycles. The van der Waals surface area contributed by atoms with E-state index in [1.807, 2.05) is 13.1 Å². The standard InChI is InChI=1S/C23H32N2O2/c1-19(26)25-23(16-17-24-2,15-9-10-18-27-3)22-14-8-7-13-21(22)20-11-5-4-6-12-20/h4-8,11-14,24H,9-10,15-18H2,1-3H3,(H,25,26). The topological polar surface area (TPSA) is 50.4 Å². The fourth-order valence-corrected chi connectivity index (χ4v) is 3.71. The van der Waals surface area contributed by atoms with Crippen LogP contribution >= 0.6 is 0 Å². The highest BCUT2D eigenvalue weighted by molar-refractivity contribution is 5.76. The van der Waals surface area contributed by atoms with Gasteiger partial charge in [0.05, 0.1) is 5.54 Å². The van der Waals surface area contributed by atoms with Crippen LogP contribution in [-0.4, -0.2) is 33.2 Å². The second-order valence-electron chi connectivity index (χ2n) is 6.98. The first-order chi connectivity index (χ1) is 13.1. The van der Waals surface area contributed by atoms with Gasteiger partial charge in [0.15, 0.2) is 0 Å². The zero-order valence-corrected chi connectivity index (χ0v) is 16.8. The molecule has 2 aromatic carbocycles. The van der Waals surface area contributed by atoms with Gasteiger partial charge < -0.3 is 15.4 Å². The van der Waals surface area contributed by atoms with E-state index < -0.39 is 5.54 Å². The van der Waals surface area contributed by atoms with Gasteiger partial charge >= 0.3 is 0 Å². The molecule has 0 aliphatic rings. The molecular weight excluding hydrogens is 336 g/mol. The molecule has 0 saturated heterocycles. The number of carbonyl (C=O) groups excluding carboxylic acids is 1. The quantitative estimate of drug-likeness (QED) is 0.587. The van der Waals surface area contributed by atoms with E-state index in [4.69, 9.17) is 4.74 Å². The van der Waals surface area contributed by atoms with E-state index in [1.165, 1.54) is 16.7 Å². The Bertz CT molecular complexity index is 703. The molecule has 0 aromatic heterocycles. The predicted octanol–water partition coefficient (Wildman–Crippen LogP) is 4.11. The van der Waals surface area contributed by atoms with Crippen LogP contribution in [0.2, 0.25) is 0 Å². The molecule has 0 spiro atoms. The zero-order valence-electron chi connectivity index (χ0n) is 16.8. The second-order valence-corrected chi connectivity index (χ2v) is 6.98. The maximum Gasteiger partial charge on any atom is 0.217 e. The number of benzene rings is 2. The van der Waals surface area contributed by atoms with Gasteiger partial charge in [-0.1, -0.05) is 54.6 Å². The van der Waals surface area contributed by atoms with E-state index in [2.05, 4.69) is 59.2 Å². The van der Waals surface area contributed by atoms with Crippen LogP contribution < -0.4 is 10.6 Å². The van der Waals surface area contributed by atoms with Crippen LogP contribution in [0.1, 0.15) is 38.2 Å². The first kappa shape index (κ1) is 21.1. The van der Waals surface area contributed by atoms with E-state index in [1.54, 1.807) is 14.0 Å². The third kappa shape index (κ3) is 5.91. The van der Waals surface area contributed by atoms with Gasteiger partial charge in [-0.15, -0.1) is 0 Å². The average Bonchev–Trinajstić information content (AvgIpc) is 2.69. The fourth-order valence-electron chi connectivity index (χ4n) is 3.71. The molecule has 1 amide bonds. The molecule has 27 heavy (non-hydrogen) atoms. The van der Waals surface area contributed by atoms with Gasteiger partial charge in [-0.3, -0.25) is 4.79 Å². The number of nitrogens with one attached hydrogen (secondary N) is 2. The molecule has 0 bridgehead atoms. The zero-order chi connectivity index (χ0) is 19.5. The highest BCUT2D eigenvalue weighted by Gasteiger charge is 2.34. The van der Waals surface area contributed by atoms with Crippen molar-refractivity contribution in [2.24, 2.45) is 0 Å². The number of carbonyl (C=O) groups is 1. The largest absolute Gasteiger partial charge is 0.385 e. The van der Waals surface area contributed by atoms with E-state index in [0.29, 0.717) is 0 Å². The van der Waals surface area contributed by atoms with Crippen molar-refractivity contribution in [1.82, 2.24) is 10.6 Å². The molecule has 2 rings (SSSR count). The summed E-state index contributed by atoms with van der Waals surface area (Å²) in [5.74, 6) is 0.000657. The Morgan fingerprint density at radius 1 is 1.00 bits per heavy atom. The molecule has 0 radical (unpaired) electrons. The van der Waals surface area contributed by atoms with Gasteiger partial charge in [0.25, 0.3) is 0 Å². The van der Waals surface area contributed by atoms with Gasteiger partial charge in [0, 0.05) is 20.6 Å². The highest BCUT2D eigenvalue weighted by Crippen LogP contribution is 2.37. The molecule has 0 aliphatic carbocycles. The normalized spacial score (nSPS) is 13.1. The third-order valence-electron chi connectivity index (χ3n) is 4.95. The summed E-state index contributed by atoms with van der Waals surface area (Å²) in [6.07, 6.45) is 3.67. The average molecular weight is 369 g/mol. The van der Waals surface area contributed by atoms with Gasteiger partial charge in [-0.2, -0.15) is 0 Å². The van der Waals surface area contributed by atoms with Gasteiger partial charge in [0.1, 0.15) is 0 Å². The Morgan fingerprint density at radius 3 is 2.37 bits per heavy atom. The number of rotatable bonds is 11. The Labute approximate surface area is 163 Å². The molecule has 2 N–H and O–H groups in total. The summed E-state index contributed by atoms with van der Waals surface area (Å²) < 4.78 is 5.22. The fraction of sp³-hybridized carbons (Fsp3) is 0.435. The van der Waals surface area contributed by atoms with E-state index >= 15 is 0 Å². The molecule has 4 nitrogen and oxygen atoms in total. The van der Waals surface area contributed by atoms with E-state index in [-0.39, 0.29) is 5.91 Å². The number of ether oxygens (including phenoxy) is 1. The van der Waals surface area contributed by atoms with Crippen LogP contribution in [-0.2, 0) is 15.1 Å². The van der Waals surface area contributed by atoms with Crippen molar-refractivity contribution in [2.45, 2.75) is 38.1 Å². The summed E-state index contributed by atoms with van der Waals surface area (Å²) in [5, 5.41) is 6.56. The van der Waals surface area contributed by atoms with Crippen molar-refractivity contribution < 1.29 is 9.53 Å². The summed E-state index contributed by atoms with van der Waals surface area (Å²) in [6.45, 7) is 3.17. The predicted molar refractivity (Wildman–Crippen MR) is 112 cm³/mol. The maximum absolute atomic E-state index is 12.2. The lowest BCUT2D eigenvalue weighted by molar-refractivity contribution is -0.121. The highest BCUT2D eigenvalue weighted by atomic mass is 16.5. The lowest BCUT2D eigenvalue weighted by Gasteiger charge is -2.37. The molecule has 2 aromatic rings. The van der Waals surface area contributed by atoms with E-state index in [9.17, 15) is 4.79 Å². The Morgan fingerprint density at radius 2 is 1.70 bits per heavy atom. The number of hydrogen-bond acceptors (Lipinski definition) is 3. The van der Waals surface area contributed by atoms with Crippen LogP contribution in [0.25, 0.3) is 11.1 Å². The van der Waals surface area contributed by atoms with Gasteiger partial charge in [-0.05, 0) is 56.0 Å². The van der Waals surface area contributed by atoms with Crippen LogP contribution in [0, 0.1) is 0 Å². The van der Waals surface area contributed by atoms with Gasteiger partial charge in [0.2, 0.25) is 5.91 Å². The maximum atomic E-state index is 12.2. The SMILES string of the molecule is CNCCC(CCCCOC)(NC(C)=O)c1ccccc1-c1ccccc1. The summed E-state index contributed by atoms with van der Waals surface area (Å²) >= 11 is 0. The summed E-state index contributed by atoms with van der Waals surface area (Å²) in [6, 6.07) is 18.8. The lowest BCUT2D eigenvalue weighted by atomic mass is 9.78. The van der Waals surface area contributed by atoms with E-state index in [0.717, 1.165) is 38.8 Å². The lowest BCUT2D eigenvalue weighted by Crippen LogP contribution is -2.47. The van der Waals surface area contributed by atoms with Crippen molar-refractivity contribution in [1.29, 1.82) is 0 Å². The minimum absolute atomic E-state index is 0.000657. The van der Waals surface area contributed by atoms with Crippen LogP contribution in [0.4, 0.5) is 0 Å². The first-order valence-electron chi connectivity index (χ1n) is 9.70. The number of unbranched alkanes of at least 4 members (excludes halogenated alkanes) is 1. The number of amides is 1. The third-order valence-corrected chi connectivity index (χ3v) is 4.95. The number of methoxy groups -OCH3 is 1. The minimum Gasteiger partial charge on any atom is -0.385 e. The number of hydrogen-bond donors (Lipinski definition) is 2. The molecule has 4 heteroatoms. The Balaban J connectivity index is 2.49. The molecular formula is C23H32N2O2. The molecule has 146 valence electrons. The van der Waals surface area contributed by atoms with Crippen molar-refractivity contribution in [3.05, 3.63) is 60.2 Å². The second kappa shape index (κ2) is 10.9. The van der Waals surface area contributed by atoms with Crippen molar-refractivity contribution in [2.75, 3.05) is 27.3 Å². The van der Waals surface area contributed by atoms with Gasteiger partial charge in [-0.25, -0.2) is 0 Å².